The highest BCUT2D eigenvalue weighted by molar-refractivity contribution is 5.97. The molecule has 1 N–H and O–H groups in total. The maximum absolute atomic E-state index is 12.9. The highest BCUT2D eigenvalue weighted by atomic mass is 19.4. The number of benzene rings is 2. The molecule has 0 saturated carbocycles. The van der Waals surface area contributed by atoms with Gasteiger partial charge in [0.05, 0.1) is 16.6 Å². The smallest absolute Gasteiger partial charge is 0.368 e. The van der Waals surface area contributed by atoms with Gasteiger partial charge in [0.1, 0.15) is 0 Å². The normalized spacial score (nSPS) is 15.3. The number of amides is 1. The highest BCUT2D eigenvalue weighted by Crippen LogP contribution is 2.32. The number of carbonyl (C=O) groups is 1. The van der Waals surface area contributed by atoms with E-state index in [1.807, 2.05) is 0 Å². The lowest BCUT2D eigenvalue weighted by molar-refractivity contribution is -0.137. The van der Waals surface area contributed by atoms with Gasteiger partial charge in [-0.2, -0.15) is 13.2 Å². The van der Waals surface area contributed by atoms with Gasteiger partial charge < -0.3 is 14.8 Å². The van der Waals surface area contributed by atoms with Crippen molar-refractivity contribution in [3.05, 3.63) is 59.4 Å². The van der Waals surface area contributed by atoms with Crippen LogP contribution in [0.4, 0.5) is 27.6 Å². The maximum atomic E-state index is 12.9. The molecular weight excluding hydrogens is 407 g/mol. The molecule has 3 aromatic rings. The fourth-order valence-electron chi connectivity index (χ4n) is 3.49. The minimum absolute atomic E-state index is 0.270. The van der Waals surface area contributed by atoms with E-state index in [0.717, 1.165) is 12.1 Å². The molecule has 0 bridgehead atoms. The molecule has 2 heterocycles. The van der Waals surface area contributed by atoms with E-state index in [0.29, 0.717) is 48.5 Å². The van der Waals surface area contributed by atoms with Gasteiger partial charge in [-0.25, -0.2) is 13.8 Å². The molecule has 0 spiro atoms. The number of imidazole rings is 1. The quantitative estimate of drug-likeness (QED) is 0.631. The second-order valence-corrected chi connectivity index (χ2v) is 6.98. The zero-order valence-corrected chi connectivity index (χ0v) is 15.6. The highest BCUT2D eigenvalue weighted by Gasteiger charge is 2.31. The number of aromatic nitrogens is 2. The fourth-order valence-corrected chi connectivity index (χ4v) is 3.49. The molecule has 0 atom stereocenters. The van der Waals surface area contributed by atoms with Gasteiger partial charge in [0.25, 0.3) is 12.3 Å². The Hall–Kier alpha value is -3.17. The largest absolute Gasteiger partial charge is 0.416 e. The summed E-state index contributed by atoms with van der Waals surface area (Å²) in [6.07, 6.45) is -7.15. The summed E-state index contributed by atoms with van der Waals surface area (Å²) in [6, 6.07) is 9.61. The Balaban J connectivity index is 1.45. The van der Waals surface area contributed by atoms with Crippen molar-refractivity contribution in [2.75, 3.05) is 31.1 Å². The van der Waals surface area contributed by atoms with Gasteiger partial charge in [-0.05, 0) is 36.4 Å². The number of nitrogens with one attached hydrogen (secondary N) is 1. The SMILES string of the molecule is O=C(c1ccc2nc(C(F)F)[nH]c2c1)N1CCN(c2cccc(C(F)(F)F)c2)CC1. The fraction of sp³-hybridized carbons (Fsp3) is 0.300. The van der Waals surface area contributed by atoms with Crippen LogP contribution in [0.25, 0.3) is 11.0 Å². The third-order valence-corrected chi connectivity index (χ3v) is 5.06. The van der Waals surface area contributed by atoms with E-state index in [2.05, 4.69) is 9.97 Å². The van der Waals surface area contributed by atoms with Crippen LogP contribution in [0.2, 0.25) is 0 Å². The van der Waals surface area contributed by atoms with Crippen molar-refractivity contribution in [2.24, 2.45) is 0 Å². The molecule has 158 valence electrons. The Labute approximate surface area is 168 Å². The van der Waals surface area contributed by atoms with Gasteiger partial charge in [0, 0.05) is 37.4 Å². The van der Waals surface area contributed by atoms with Crippen molar-refractivity contribution in [1.29, 1.82) is 0 Å². The molecule has 1 saturated heterocycles. The number of rotatable bonds is 3. The van der Waals surface area contributed by atoms with Gasteiger partial charge in [-0.15, -0.1) is 0 Å². The van der Waals surface area contributed by atoms with Gasteiger partial charge >= 0.3 is 6.18 Å². The first-order valence-electron chi connectivity index (χ1n) is 9.21. The third-order valence-electron chi connectivity index (χ3n) is 5.06. The molecule has 1 amide bonds. The number of hydrogen-bond donors (Lipinski definition) is 1. The van der Waals surface area contributed by atoms with E-state index in [4.69, 9.17) is 0 Å². The lowest BCUT2D eigenvalue weighted by Crippen LogP contribution is -2.48. The van der Waals surface area contributed by atoms with Crippen LogP contribution in [0.1, 0.15) is 28.2 Å². The van der Waals surface area contributed by atoms with Crippen molar-refractivity contribution in [2.45, 2.75) is 12.6 Å². The lowest BCUT2D eigenvalue weighted by atomic mass is 10.1. The summed E-state index contributed by atoms with van der Waals surface area (Å²) in [5.74, 6) is -0.724. The summed E-state index contributed by atoms with van der Waals surface area (Å²) in [6.45, 7) is 1.43. The first-order valence-corrected chi connectivity index (χ1v) is 9.21. The minimum atomic E-state index is -4.41. The van der Waals surface area contributed by atoms with E-state index in [-0.39, 0.29) is 5.91 Å². The molecule has 1 fully saturated rings. The van der Waals surface area contributed by atoms with Gasteiger partial charge in [-0.1, -0.05) is 6.07 Å². The first kappa shape index (κ1) is 20.1. The summed E-state index contributed by atoms with van der Waals surface area (Å²) < 4.78 is 64.4. The van der Waals surface area contributed by atoms with E-state index in [9.17, 15) is 26.7 Å². The molecule has 0 aliphatic carbocycles. The predicted octanol–water partition coefficient (Wildman–Crippen LogP) is 4.48. The van der Waals surface area contributed by atoms with E-state index in [1.165, 1.54) is 24.3 Å². The van der Waals surface area contributed by atoms with Crippen LogP contribution in [0.15, 0.2) is 42.5 Å². The van der Waals surface area contributed by atoms with Crippen molar-refractivity contribution >= 4 is 22.6 Å². The monoisotopic (exact) mass is 424 g/mol. The Morgan fingerprint density at radius 3 is 2.43 bits per heavy atom. The lowest BCUT2D eigenvalue weighted by Gasteiger charge is -2.36. The summed E-state index contributed by atoms with van der Waals surface area (Å²) in [4.78, 5) is 22.5. The molecule has 4 rings (SSSR count). The average Bonchev–Trinajstić information content (AvgIpc) is 3.17. The van der Waals surface area contributed by atoms with Crippen LogP contribution in [0.3, 0.4) is 0 Å². The average molecular weight is 424 g/mol. The zero-order valence-electron chi connectivity index (χ0n) is 15.6. The molecule has 2 aromatic carbocycles. The summed E-state index contributed by atoms with van der Waals surface area (Å²) in [5, 5.41) is 0. The third kappa shape index (κ3) is 3.94. The molecule has 5 nitrogen and oxygen atoms in total. The molecule has 30 heavy (non-hydrogen) atoms. The summed E-state index contributed by atoms with van der Waals surface area (Å²) in [5.41, 5.74) is 0.763. The van der Waals surface area contributed by atoms with Crippen LogP contribution in [-0.4, -0.2) is 47.0 Å². The van der Waals surface area contributed by atoms with Gasteiger partial charge in [0.2, 0.25) is 0 Å². The number of hydrogen-bond acceptors (Lipinski definition) is 3. The Morgan fingerprint density at radius 2 is 1.77 bits per heavy atom. The van der Waals surface area contributed by atoms with Crippen molar-refractivity contribution < 1.29 is 26.7 Å². The molecule has 1 aliphatic heterocycles. The Kier molecular flexibility index (Phi) is 5.08. The minimum Gasteiger partial charge on any atom is -0.368 e. The number of H-pyrrole nitrogens is 1. The van der Waals surface area contributed by atoms with Crippen molar-refractivity contribution in [3.63, 3.8) is 0 Å². The number of piperazine rings is 1. The number of carbonyl (C=O) groups excluding carboxylic acids is 1. The number of fused-ring (bicyclic) bond motifs is 1. The van der Waals surface area contributed by atoms with Crippen LogP contribution in [-0.2, 0) is 6.18 Å². The van der Waals surface area contributed by atoms with Crippen LogP contribution >= 0.6 is 0 Å². The van der Waals surface area contributed by atoms with Crippen LogP contribution in [0.5, 0.6) is 0 Å². The molecule has 0 radical (unpaired) electrons. The predicted molar refractivity (Wildman–Crippen MR) is 101 cm³/mol. The second kappa shape index (κ2) is 7.58. The van der Waals surface area contributed by atoms with E-state index in [1.54, 1.807) is 15.9 Å². The summed E-state index contributed by atoms with van der Waals surface area (Å²) in [7, 11) is 0. The Morgan fingerprint density at radius 1 is 1.03 bits per heavy atom. The molecule has 1 aliphatic rings. The molecular formula is C20H17F5N4O. The standard InChI is InChI=1S/C20H17F5N4O/c21-17(22)18-26-15-5-4-12(10-16(15)27-18)19(30)29-8-6-28(7-9-29)14-3-1-2-13(11-14)20(23,24)25/h1-5,10-11,17H,6-9H2,(H,26,27). The first-order chi connectivity index (χ1) is 14.2. The summed E-state index contributed by atoms with van der Waals surface area (Å²) >= 11 is 0. The number of alkyl halides is 5. The number of anilines is 1. The number of nitrogens with zero attached hydrogens (tertiary/aromatic N) is 3. The topological polar surface area (TPSA) is 52.2 Å². The molecule has 0 unspecified atom stereocenters. The van der Waals surface area contributed by atoms with Crippen molar-refractivity contribution in [3.8, 4) is 0 Å². The Bertz CT molecular complexity index is 1070. The van der Waals surface area contributed by atoms with E-state index >= 15 is 0 Å². The molecule has 1 aromatic heterocycles. The maximum Gasteiger partial charge on any atom is 0.416 e. The van der Waals surface area contributed by atoms with Crippen LogP contribution < -0.4 is 4.90 Å². The van der Waals surface area contributed by atoms with Gasteiger partial charge in [-0.3, -0.25) is 4.79 Å². The zero-order chi connectivity index (χ0) is 21.5. The van der Waals surface area contributed by atoms with E-state index < -0.39 is 24.0 Å². The van der Waals surface area contributed by atoms with Crippen LogP contribution in [0, 0.1) is 0 Å². The molecule has 10 heteroatoms. The number of halogens is 5. The number of aromatic amines is 1. The van der Waals surface area contributed by atoms with Gasteiger partial charge in [0.15, 0.2) is 5.82 Å². The second-order valence-electron chi connectivity index (χ2n) is 6.98. The van der Waals surface area contributed by atoms with Crippen molar-refractivity contribution in [1.82, 2.24) is 14.9 Å².